The monoisotopic (exact) mass is 264 g/mol. The molecule has 1 rings (SSSR count). The summed E-state index contributed by atoms with van der Waals surface area (Å²) in [5.41, 5.74) is 2.07. The number of hydrogen-bond donors (Lipinski definition) is 1. The Balaban J connectivity index is 2.79. The molecule has 1 N–H and O–H groups in total. The van der Waals surface area contributed by atoms with Gasteiger partial charge in [-0.3, -0.25) is 0 Å². The van der Waals surface area contributed by atoms with E-state index in [0.717, 1.165) is 6.42 Å². The summed E-state index contributed by atoms with van der Waals surface area (Å²) in [5, 5.41) is 10.3. The first-order chi connectivity index (χ1) is 8.78. The maximum atomic E-state index is 10.3. The predicted octanol–water partition coefficient (Wildman–Crippen LogP) is 4.37. The molecule has 2 nitrogen and oxygen atoms in total. The number of aliphatic hydroxyl groups is 1. The van der Waals surface area contributed by atoms with E-state index >= 15 is 0 Å². The van der Waals surface area contributed by atoms with E-state index in [2.05, 4.69) is 32.9 Å². The van der Waals surface area contributed by atoms with Crippen molar-refractivity contribution in [2.24, 2.45) is 5.41 Å². The first-order valence-electron chi connectivity index (χ1n) is 7.18. The molecule has 0 spiro atoms. The van der Waals surface area contributed by atoms with E-state index < -0.39 is 5.60 Å². The highest BCUT2D eigenvalue weighted by Crippen LogP contribution is 2.40. The fraction of sp³-hybridized carbons (Fsp3) is 0.647. The summed E-state index contributed by atoms with van der Waals surface area (Å²) in [7, 11) is 0. The van der Waals surface area contributed by atoms with Crippen molar-refractivity contribution in [3.05, 3.63) is 35.6 Å². The van der Waals surface area contributed by atoms with Gasteiger partial charge in [-0.15, -0.1) is 0 Å². The Labute approximate surface area is 117 Å². The molecule has 108 valence electrons. The second kappa shape index (κ2) is 6.42. The summed E-state index contributed by atoms with van der Waals surface area (Å²) in [5.74, 6) is 0. The summed E-state index contributed by atoms with van der Waals surface area (Å²) in [6.45, 7) is 11.1. The molecule has 0 amide bonds. The third kappa shape index (κ3) is 4.87. The Hall–Kier alpha value is -1.02. The van der Waals surface area contributed by atoms with Crippen molar-refractivity contribution in [3.8, 4) is 0 Å². The molecule has 2 heteroatoms. The minimum atomic E-state index is -0.851. The Morgan fingerprint density at radius 3 is 2.74 bits per heavy atom. The molecule has 0 aliphatic heterocycles. The smallest absolute Gasteiger partial charge is 0.0866 e. The molecule has 1 atom stereocenters. The van der Waals surface area contributed by atoms with Gasteiger partial charge in [0.05, 0.1) is 18.5 Å². The van der Waals surface area contributed by atoms with Gasteiger partial charge in [-0.05, 0) is 57.1 Å². The maximum Gasteiger partial charge on any atom is 0.0866 e. The van der Waals surface area contributed by atoms with E-state index in [1.807, 2.05) is 13.8 Å². The summed E-state index contributed by atoms with van der Waals surface area (Å²) in [6, 6.07) is 0. The lowest BCUT2D eigenvalue weighted by atomic mass is 9.72. The van der Waals surface area contributed by atoms with E-state index in [0.29, 0.717) is 13.0 Å². The van der Waals surface area contributed by atoms with Gasteiger partial charge >= 0.3 is 0 Å². The van der Waals surface area contributed by atoms with E-state index in [4.69, 9.17) is 4.74 Å². The van der Waals surface area contributed by atoms with Crippen molar-refractivity contribution in [2.45, 2.75) is 59.5 Å². The van der Waals surface area contributed by atoms with E-state index in [1.165, 1.54) is 17.6 Å². The van der Waals surface area contributed by atoms with Crippen molar-refractivity contribution < 1.29 is 9.84 Å². The van der Waals surface area contributed by atoms with Crippen molar-refractivity contribution in [1.29, 1.82) is 0 Å². The second-order valence-corrected chi connectivity index (χ2v) is 6.25. The first kappa shape index (κ1) is 16.0. The number of ether oxygens (including phenoxy) is 1. The van der Waals surface area contributed by atoms with Gasteiger partial charge in [0.25, 0.3) is 0 Å². The van der Waals surface area contributed by atoms with Crippen LogP contribution in [0.1, 0.15) is 53.9 Å². The summed E-state index contributed by atoms with van der Waals surface area (Å²) < 4.78 is 5.15. The zero-order valence-electron chi connectivity index (χ0n) is 13.0. The van der Waals surface area contributed by atoms with Crippen LogP contribution in [0.25, 0.3) is 0 Å². The third-order valence-electron chi connectivity index (χ3n) is 3.78. The Bertz CT molecular complexity index is 384. The normalized spacial score (nSPS) is 24.3. The molecule has 1 aliphatic rings. The van der Waals surface area contributed by atoms with Crippen molar-refractivity contribution in [2.75, 3.05) is 6.61 Å². The average molecular weight is 264 g/mol. The molecule has 0 aromatic carbocycles. The van der Waals surface area contributed by atoms with E-state index in [9.17, 15) is 5.11 Å². The summed E-state index contributed by atoms with van der Waals surface area (Å²) >= 11 is 0. The second-order valence-electron chi connectivity index (χ2n) is 6.25. The number of hydrogen-bond acceptors (Lipinski definition) is 2. The molecule has 0 radical (unpaired) electrons. The highest BCUT2D eigenvalue weighted by molar-refractivity contribution is 5.37. The minimum absolute atomic E-state index is 0.207. The lowest BCUT2D eigenvalue weighted by Crippen LogP contribution is -2.23. The zero-order valence-corrected chi connectivity index (χ0v) is 13.0. The summed E-state index contributed by atoms with van der Waals surface area (Å²) in [4.78, 5) is 0. The van der Waals surface area contributed by atoms with Crippen LogP contribution in [-0.4, -0.2) is 17.3 Å². The van der Waals surface area contributed by atoms with Gasteiger partial charge in [0.1, 0.15) is 0 Å². The molecule has 1 unspecified atom stereocenters. The molecule has 1 aliphatic carbocycles. The number of allylic oxidation sites excluding steroid dienone is 3. The van der Waals surface area contributed by atoms with Crippen LogP contribution < -0.4 is 0 Å². The van der Waals surface area contributed by atoms with Gasteiger partial charge in [0.15, 0.2) is 0 Å². The van der Waals surface area contributed by atoms with Crippen LogP contribution in [0.2, 0.25) is 0 Å². The number of rotatable bonds is 5. The van der Waals surface area contributed by atoms with Gasteiger partial charge in [-0.1, -0.05) is 31.6 Å². The molecule has 0 bridgehead atoms. The molecular formula is C17H28O2. The molecule has 0 saturated heterocycles. The molecular weight excluding hydrogens is 236 g/mol. The maximum absolute atomic E-state index is 10.3. The van der Waals surface area contributed by atoms with Crippen molar-refractivity contribution in [1.82, 2.24) is 0 Å². The Morgan fingerprint density at radius 1 is 1.47 bits per heavy atom. The SMILES string of the molecule is CCO/C=C\C(C)(O)CC=C1C(C)=CCCC1(C)C. The highest BCUT2D eigenvalue weighted by atomic mass is 16.5. The Morgan fingerprint density at radius 2 is 2.16 bits per heavy atom. The lowest BCUT2D eigenvalue weighted by molar-refractivity contribution is 0.110. The molecule has 0 heterocycles. The van der Waals surface area contributed by atoms with Crippen molar-refractivity contribution >= 4 is 0 Å². The molecule has 0 fully saturated rings. The molecule has 0 saturated carbocycles. The van der Waals surface area contributed by atoms with Gasteiger partial charge < -0.3 is 9.84 Å². The van der Waals surface area contributed by atoms with Gasteiger partial charge in [-0.2, -0.15) is 0 Å². The highest BCUT2D eigenvalue weighted by Gasteiger charge is 2.27. The van der Waals surface area contributed by atoms with Crippen LogP contribution in [0.5, 0.6) is 0 Å². The van der Waals surface area contributed by atoms with Gasteiger partial charge in [-0.25, -0.2) is 0 Å². The average Bonchev–Trinajstić information content (AvgIpc) is 2.27. The topological polar surface area (TPSA) is 29.5 Å². The molecule has 0 aromatic rings. The largest absolute Gasteiger partial charge is 0.502 e. The standard InChI is InChI=1S/C17H28O2/c1-6-19-13-12-17(5,18)11-9-15-14(2)8-7-10-16(15,3)4/h8-9,12-13,18H,6-7,10-11H2,1-5H3/b13-12-,15-9?. The minimum Gasteiger partial charge on any atom is -0.502 e. The fourth-order valence-corrected chi connectivity index (χ4v) is 2.53. The van der Waals surface area contributed by atoms with Crippen LogP contribution >= 0.6 is 0 Å². The fourth-order valence-electron chi connectivity index (χ4n) is 2.53. The van der Waals surface area contributed by atoms with E-state index in [-0.39, 0.29) is 5.41 Å². The zero-order chi connectivity index (χ0) is 14.5. The van der Waals surface area contributed by atoms with Crippen molar-refractivity contribution in [3.63, 3.8) is 0 Å². The predicted molar refractivity (Wildman–Crippen MR) is 80.9 cm³/mol. The summed E-state index contributed by atoms with van der Waals surface area (Å²) in [6.07, 6.45) is 10.7. The van der Waals surface area contributed by atoms with Crippen LogP contribution in [0.15, 0.2) is 35.6 Å². The lowest BCUT2D eigenvalue weighted by Gasteiger charge is -2.33. The van der Waals surface area contributed by atoms with Gasteiger partial charge in [0, 0.05) is 0 Å². The third-order valence-corrected chi connectivity index (χ3v) is 3.78. The quantitative estimate of drug-likeness (QED) is 0.747. The Kier molecular flexibility index (Phi) is 5.42. The molecule has 0 aromatic heterocycles. The first-order valence-corrected chi connectivity index (χ1v) is 7.18. The molecule has 19 heavy (non-hydrogen) atoms. The van der Waals surface area contributed by atoms with Crippen LogP contribution in [0.4, 0.5) is 0 Å². The van der Waals surface area contributed by atoms with Gasteiger partial charge in [0.2, 0.25) is 0 Å². The van der Waals surface area contributed by atoms with Crippen LogP contribution in [0.3, 0.4) is 0 Å². The van der Waals surface area contributed by atoms with Crippen LogP contribution in [-0.2, 0) is 4.74 Å². The van der Waals surface area contributed by atoms with Crippen LogP contribution in [0, 0.1) is 5.41 Å². The van der Waals surface area contributed by atoms with E-state index in [1.54, 1.807) is 12.3 Å².